The molecule has 9 heteroatoms. The lowest BCUT2D eigenvalue weighted by Crippen LogP contribution is -1.95. The number of nitro groups is 1. The number of hydrogen-bond donors (Lipinski definition) is 0. The number of rotatable bonds is 4. The van der Waals surface area contributed by atoms with Gasteiger partial charge in [0.15, 0.2) is 28.5 Å². The van der Waals surface area contributed by atoms with Crippen molar-refractivity contribution >= 4 is 28.3 Å². The predicted molar refractivity (Wildman–Crippen MR) is 71.6 cm³/mol. The van der Waals surface area contributed by atoms with Crippen LogP contribution < -0.4 is 4.74 Å². The normalized spacial score (nSPS) is 10.7. The summed E-state index contributed by atoms with van der Waals surface area (Å²) in [4.78, 5) is 25.5. The van der Waals surface area contributed by atoms with Gasteiger partial charge in [-0.3, -0.25) is 19.3 Å². The lowest BCUT2D eigenvalue weighted by Gasteiger charge is -2.04. The number of aromatic nitrogens is 2. The van der Waals surface area contributed by atoms with Gasteiger partial charge < -0.3 is 4.74 Å². The molecule has 0 bridgehead atoms. The molecule has 7 nitrogen and oxygen atoms in total. The molecule has 0 unspecified atom stereocenters. The zero-order chi connectivity index (χ0) is 15.0. The van der Waals surface area contributed by atoms with Gasteiger partial charge in [0.1, 0.15) is 0 Å². The molecule has 0 aliphatic rings. The van der Waals surface area contributed by atoms with E-state index in [0.717, 1.165) is 18.2 Å². The van der Waals surface area contributed by atoms with E-state index in [2.05, 4.69) is 4.98 Å². The molecular weight excluding hydrogens is 301 g/mol. The first-order chi connectivity index (χ1) is 10.1. The van der Waals surface area contributed by atoms with E-state index < -0.39 is 10.7 Å². The Morgan fingerprint density at radius 1 is 1.48 bits per heavy atom. The largest absolute Gasteiger partial charge is 0.434 e. The van der Waals surface area contributed by atoms with Crippen molar-refractivity contribution < 1.29 is 18.8 Å². The van der Waals surface area contributed by atoms with E-state index >= 15 is 0 Å². The van der Waals surface area contributed by atoms with Gasteiger partial charge >= 0.3 is 0 Å². The van der Waals surface area contributed by atoms with Gasteiger partial charge in [-0.05, 0) is 6.07 Å². The number of halogens is 1. The minimum atomic E-state index is -0.905. The number of hydrogen-bond acceptors (Lipinski definition) is 6. The van der Waals surface area contributed by atoms with Crippen molar-refractivity contribution in [2.24, 2.45) is 0 Å². The molecule has 106 valence electrons. The molecule has 0 saturated carbocycles. The topological polar surface area (TPSA) is 86.7 Å². The van der Waals surface area contributed by atoms with Crippen LogP contribution in [0.15, 0.2) is 29.8 Å². The third kappa shape index (κ3) is 2.23. The first kappa shape index (κ1) is 13.2. The molecule has 2 heterocycles. The molecule has 2 aromatic heterocycles. The van der Waals surface area contributed by atoms with E-state index in [0.29, 0.717) is 11.2 Å². The molecule has 0 fully saturated rings. The minimum absolute atomic E-state index is 0.0513. The lowest BCUT2D eigenvalue weighted by atomic mass is 10.3. The van der Waals surface area contributed by atoms with Crippen LogP contribution >= 0.6 is 11.3 Å². The quantitative estimate of drug-likeness (QED) is 0.420. The molecular formula is C12H6FN3O4S. The van der Waals surface area contributed by atoms with Crippen LogP contribution in [0.3, 0.4) is 0 Å². The van der Waals surface area contributed by atoms with Crippen molar-refractivity contribution in [3.63, 3.8) is 0 Å². The summed E-state index contributed by atoms with van der Waals surface area (Å²) in [5.74, 6) is -1.20. The molecule has 0 aliphatic heterocycles. The summed E-state index contributed by atoms with van der Waals surface area (Å²) < 4.78 is 20.5. The van der Waals surface area contributed by atoms with Gasteiger partial charge in [0.25, 0.3) is 5.69 Å². The van der Waals surface area contributed by atoms with E-state index in [1.165, 1.54) is 15.7 Å². The summed E-state index contributed by atoms with van der Waals surface area (Å²) in [7, 11) is 0. The van der Waals surface area contributed by atoms with Crippen LogP contribution in [0.2, 0.25) is 0 Å². The highest BCUT2D eigenvalue weighted by atomic mass is 32.1. The number of carbonyl (C=O) groups excluding carboxylic acids is 1. The standard InChI is InChI=1S/C12H6FN3O4S/c13-8-5-7(16(18)19)1-2-10(8)20-11-9(6-17)15-3-4-21-12(15)14-11/h1-6H. The fraction of sp³-hybridized carbons (Fsp3) is 0. The highest BCUT2D eigenvalue weighted by molar-refractivity contribution is 7.15. The highest BCUT2D eigenvalue weighted by Gasteiger charge is 2.18. The van der Waals surface area contributed by atoms with Crippen molar-refractivity contribution in [3.8, 4) is 11.6 Å². The number of non-ortho nitro benzene ring substituents is 1. The molecule has 0 radical (unpaired) electrons. The Morgan fingerprint density at radius 3 is 2.95 bits per heavy atom. The summed E-state index contributed by atoms with van der Waals surface area (Å²) in [6.07, 6.45) is 2.18. The molecule has 3 aromatic rings. The smallest absolute Gasteiger partial charge is 0.272 e. The van der Waals surface area contributed by atoms with E-state index in [1.807, 2.05) is 0 Å². The van der Waals surface area contributed by atoms with Gasteiger partial charge in [0.2, 0.25) is 5.88 Å². The van der Waals surface area contributed by atoms with Crippen LogP contribution in [-0.4, -0.2) is 20.6 Å². The summed E-state index contributed by atoms with van der Waals surface area (Å²) >= 11 is 1.29. The van der Waals surface area contributed by atoms with Crippen molar-refractivity contribution in [2.75, 3.05) is 0 Å². The molecule has 0 atom stereocenters. The van der Waals surface area contributed by atoms with Crippen LogP contribution in [0.1, 0.15) is 10.5 Å². The van der Waals surface area contributed by atoms with Crippen molar-refractivity contribution in [2.45, 2.75) is 0 Å². The molecule has 0 amide bonds. The minimum Gasteiger partial charge on any atom is -0.434 e. The SMILES string of the molecule is O=Cc1c(Oc2ccc([N+](=O)[O-])cc2F)nc2sccn12. The fourth-order valence-electron chi connectivity index (χ4n) is 1.76. The zero-order valence-corrected chi connectivity index (χ0v) is 11.0. The predicted octanol–water partition coefficient (Wildman–Crippen LogP) is 3.05. The summed E-state index contributed by atoms with van der Waals surface area (Å²) in [5.41, 5.74) is -0.245. The van der Waals surface area contributed by atoms with Gasteiger partial charge in [0, 0.05) is 17.6 Å². The maximum atomic E-state index is 13.8. The molecule has 3 rings (SSSR count). The van der Waals surface area contributed by atoms with Crippen molar-refractivity contribution in [1.82, 2.24) is 9.38 Å². The Bertz CT molecular complexity index is 857. The Labute approximate surface area is 120 Å². The molecule has 1 aromatic carbocycles. The second-order valence-corrected chi connectivity index (χ2v) is 4.82. The third-order valence-corrected chi connectivity index (χ3v) is 3.47. The first-order valence-corrected chi connectivity index (χ1v) is 6.50. The summed E-state index contributed by atoms with van der Waals surface area (Å²) in [6, 6.07) is 2.97. The van der Waals surface area contributed by atoms with Gasteiger partial charge in [-0.15, -0.1) is 11.3 Å². The lowest BCUT2D eigenvalue weighted by molar-refractivity contribution is -0.385. The average molecular weight is 307 g/mol. The van der Waals surface area contributed by atoms with E-state index in [-0.39, 0.29) is 23.0 Å². The van der Waals surface area contributed by atoms with Crippen molar-refractivity contribution in [3.05, 3.63) is 51.4 Å². The van der Waals surface area contributed by atoms with Crippen LogP contribution in [0, 0.1) is 15.9 Å². The monoisotopic (exact) mass is 307 g/mol. The van der Waals surface area contributed by atoms with Crippen LogP contribution in [0.25, 0.3) is 4.96 Å². The van der Waals surface area contributed by atoms with Crippen LogP contribution in [0.4, 0.5) is 10.1 Å². The molecule has 0 spiro atoms. The number of nitrogens with zero attached hydrogens (tertiary/aromatic N) is 3. The number of aldehydes is 1. The van der Waals surface area contributed by atoms with Crippen LogP contribution in [-0.2, 0) is 0 Å². The number of fused-ring (bicyclic) bond motifs is 1. The second-order valence-electron chi connectivity index (χ2n) is 3.95. The molecule has 0 saturated heterocycles. The van der Waals surface area contributed by atoms with Gasteiger partial charge in [0.05, 0.1) is 11.0 Å². The molecule has 0 aliphatic carbocycles. The van der Waals surface area contributed by atoms with Crippen LogP contribution in [0.5, 0.6) is 11.6 Å². The number of carbonyl (C=O) groups is 1. The summed E-state index contributed by atoms with van der Waals surface area (Å²) in [6.45, 7) is 0. The summed E-state index contributed by atoms with van der Waals surface area (Å²) in [5, 5.41) is 12.3. The maximum Gasteiger partial charge on any atom is 0.272 e. The molecule has 21 heavy (non-hydrogen) atoms. The maximum absolute atomic E-state index is 13.8. The van der Waals surface area contributed by atoms with Gasteiger partial charge in [-0.1, -0.05) is 0 Å². The first-order valence-electron chi connectivity index (χ1n) is 5.62. The van der Waals surface area contributed by atoms with Gasteiger partial charge in [-0.25, -0.2) is 4.39 Å². The number of benzene rings is 1. The Kier molecular flexibility index (Phi) is 3.10. The Hall–Kier alpha value is -2.81. The number of imidazole rings is 1. The van der Waals surface area contributed by atoms with Gasteiger partial charge in [-0.2, -0.15) is 4.98 Å². The molecule has 0 N–H and O–H groups in total. The Morgan fingerprint density at radius 2 is 2.29 bits per heavy atom. The fourth-order valence-corrected chi connectivity index (χ4v) is 2.47. The zero-order valence-electron chi connectivity index (χ0n) is 10.2. The third-order valence-electron chi connectivity index (χ3n) is 2.71. The Balaban J connectivity index is 2.00. The number of thiazole rings is 1. The van der Waals surface area contributed by atoms with E-state index in [1.54, 1.807) is 11.6 Å². The van der Waals surface area contributed by atoms with E-state index in [4.69, 9.17) is 4.74 Å². The number of nitro benzene ring substituents is 1. The second kappa shape index (κ2) is 4.94. The highest BCUT2D eigenvalue weighted by Crippen LogP contribution is 2.30. The van der Waals surface area contributed by atoms with E-state index in [9.17, 15) is 19.3 Å². The number of ether oxygens (including phenoxy) is 1. The average Bonchev–Trinajstić information content (AvgIpc) is 3.00. The van der Waals surface area contributed by atoms with Crippen molar-refractivity contribution in [1.29, 1.82) is 0 Å².